The Morgan fingerprint density at radius 3 is 1.90 bits per heavy atom. The molecular weight excluding hydrogens is 242 g/mol. The van der Waals surface area contributed by atoms with Gasteiger partial charge in [0.25, 0.3) is 0 Å². The average molecular weight is 263 g/mol. The van der Waals surface area contributed by atoms with Gasteiger partial charge in [0.1, 0.15) is 0 Å². The van der Waals surface area contributed by atoms with Crippen molar-refractivity contribution in [2.75, 3.05) is 0 Å². The Hall–Kier alpha value is -2.15. The molecule has 0 fully saturated rings. The van der Waals surface area contributed by atoms with E-state index in [1.807, 2.05) is 0 Å². The number of aliphatic imine (C=N–C) groups is 1. The van der Waals surface area contributed by atoms with Crippen molar-refractivity contribution in [3.63, 3.8) is 0 Å². The van der Waals surface area contributed by atoms with Crippen molar-refractivity contribution in [1.82, 2.24) is 0 Å². The van der Waals surface area contributed by atoms with Crippen molar-refractivity contribution < 1.29 is 0 Å². The van der Waals surface area contributed by atoms with Crippen molar-refractivity contribution in [1.29, 1.82) is 0 Å². The Balaban J connectivity index is 2.35. The van der Waals surface area contributed by atoms with Crippen LogP contribution in [0.4, 0.5) is 0 Å². The van der Waals surface area contributed by atoms with E-state index in [-0.39, 0.29) is 0 Å². The molecule has 0 atom stereocenters. The van der Waals surface area contributed by atoms with Gasteiger partial charge in [0.05, 0.1) is 5.70 Å². The van der Waals surface area contributed by atoms with Crippen LogP contribution < -0.4 is 0 Å². The molecule has 0 radical (unpaired) electrons. The summed E-state index contributed by atoms with van der Waals surface area (Å²) < 4.78 is 0. The van der Waals surface area contributed by atoms with Gasteiger partial charge in [-0.25, -0.2) is 0 Å². The minimum atomic E-state index is 0.994. The largest absolute Gasteiger partial charge is 0.264 e. The third-order valence-corrected chi connectivity index (χ3v) is 3.64. The van der Waals surface area contributed by atoms with Crippen LogP contribution >= 0.6 is 0 Å². The third kappa shape index (κ3) is 3.05. The van der Waals surface area contributed by atoms with Gasteiger partial charge in [-0.3, -0.25) is 4.99 Å². The summed E-state index contributed by atoms with van der Waals surface area (Å²) in [5.74, 6) is 0. The average Bonchev–Trinajstić information content (AvgIpc) is 2.49. The second-order valence-corrected chi connectivity index (χ2v) is 5.08. The molecule has 0 unspecified atom stereocenters. The summed E-state index contributed by atoms with van der Waals surface area (Å²) in [6.45, 7) is 10.0. The number of rotatable bonds is 4. The lowest BCUT2D eigenvalue weighted by molar-refractivity contribution is 1.09. The van der Waals surface area contributed by atoms with Gasteiger partial charge in [-0.15, -0.1) is 0 Å². The maximum absolute atomic E-state index is 4.17. The van der Waals surface area contributed by atoms with E-state index in [4.69, 9.17) is 0 Å². The van der Waals surface area contributed by atoms with Crippen LogP contribution in [0.3, 0.4) is 0 Å². The van der Waals surface area contributed by atoms with E-state index in [0.717, 1.165) is 17.7 Å². The van der Waals surface area contributed by atoms with Crippen LogP contribution in [-0.4, -0.2) is 6.72 Å². The van der Waals surface area contributed by atoms with Crippen LogP contribution in [-0.2, 0) is 0 Å². The van der Waals surface area contributed by atoms with E-state index in [0.29, 0.717) is 0 Å². The summed E-state index contributed by atoms with van der Waals surface area (Å²) in [4.78, 5) is 4.17. The molecular formula is C19H21N. The zero-order valence-corrected chi connectivity index (χ0v) is 12.5. The minimum Gasteiger partial charge on any atom is -0.264 e. The normalized spacial score (nSPS) is 11.9. The highest BCUT2D eigenvalue weighted by molar-refractivity contribution is 5.73. The summed E-state index contributed by atoms with van der Waals surface area (Å²) in [7, 11) is 0. The number of allylic oxidation sites excluding steroid dienone is 1. The highest BCUT2D eigenvalue weighted by Crippen LogP contribution is 2.25. The molecule has 2 aromatic rings. The Kier molecular flexibility index (Phi) is 4.52. The Morgan fingerprint density at radius 1 is 0.950 bits per heavy atom. The van der Waals surface area contributed by atoms with Crippen molar-refractivity contribution in [3.05, 3.63) is 65.2 Å². The molecule has 1 nitrogen and oxygen atoms in total. The number of aryl methyl sites for hydroxylation is 1. The van der Waals surface area contributed by atoms with Crippen molar-refractivity contribution in [2.24, 2.45) is 4.99 Å². The molecule has 0 bridgehead atoms. The summed E-state index contributed by atoms with van der Waals surface area (Å²) in [6, 6.07) is 17.1. The lowest BCUT2D eigenvalue weighted by Crippen LogP contribution is -1.87. The fourth-order valence-corrected chi connectivity index (χ4v) is 2.21. The Morgan fingerprint density at radius 2 is 1.45 bits per heavy atom. The number of hydrogen-bond donors (Lipinski definition) is 0. The van der Waals surface area contributed by atoms with Crippen molar-refractivity contribution in [3.8, 4) is 11.1 Å². The summed E-state index contributed by atoms with van der Waals surface area (Å²) in [5, 5.41) is 0. The second-order valence-electron chi connectivity index (χ2n) is 5.08. The van der Waals surface area contributed by atoms with Gasteiger partial charge in [-0.2, -0.15) is 0 Å². The minimum absolute atomic E-state index is 0.994. The monoisotopic (exact) mass is 263 g/mol. The second kappa shape index (κ2) is 6.33. The fourth-order valence-electron chi connectivity index (χ4n) is 2.21. The number of benzene rings is 2. The first-order valence-corrected chi connectivity index (χ1v) is 6.99. The molecule has 0 amide bonds. The van der Waals surface area contributed by atoms with Crippen LogP contribution in [0, 0.1) is 6.92 Å². The summed E-state index contributed by atoms with van der Waals surface area (Å²) >= 11 is 0. The van der Waals surface area contributed by atoms with Crippen LogP contribution in [0.1, 0.15) is 31.4 Å². The quantitative estimate of drug-likeness (QED) is 0.645. The van der Waals surface area contributed by atoms with E-state index in [1.54, 1.807) is 0 Å². The first-order chi connectivity index (χ1) is 9.65. The van der Waals surface area contributed by atoms with E-state index in [9.17, 15) is 0 Å². The highest BCUT2D eigenvalue weighted by Gasteiger charge is 2.04. The SMILES string of the molecule is C=N/C(=C(\C)CC)c1ccc(-c2ccc(C)cc2)cc1. The van der Waals surface area contributed by atoms with Gasteiger partial charge >= 0.3 is 0 Å². The molecule has 0 spiro atoms. The predicted octanol–water partition coefficient (Wildman–Crippen LogP) is 5.50. The summed E-state index contributed by atoms with van der Waals surface area (Å²) in [6.07, 6.45) is 0.994. The molecule has 0 aliphatic carbocycles. The van der Waals surface area contributed by atoms with E-state index >= 15 is 0 Å². The first-order valence-electron chi connectivity index (χ1n) is 6.99. The molecule has 2 rings (SSSR count). The summed E-state index contributed by atoms with van der Waals surface area (Å²) in [5.41, 5.74) is 7.16. The standard InChI is InChI=1S/C19H21N/c1-5-15(3)19(20-4)18-12-10-17(11-13-18)16-8-6-14(2)7-9-16/h6-13H,4-5H2,1-3H3/b19-15+. The molecule has 0 saturated heterocycles. The predicted molar refractivity (Wildman–Crippen MR) is 89.0 cm³/mol. The Labute approximate surface area is 121 Å². The molecule has 0 aliphatic rings. The zero-order valence-electron chi connectivity index (χ0n) is 12.5. The van der Waals surface area contributed by atoms with Gasteiger partial charge in [-0.1, -0.05) is 61.0 Å². The van der Waals surface area contributed by atoms with E-state index in [1.165, 1.54) is 22.3 Å². The van der Waals surface area contributed by atoms with Gasteiger partial charge in [-0.05, 0) is 43.7 Å². The highest BCUT2D eigenvalue weighted by atomic mass is 14.7. The van der Waals surface area contributed by atoms with Crippen LogP contribution in [0.2, 0.25) is 0 Å². The molecule has 0 N–H and O–H groups in total. The fraction of sp³-hybridized carbons (Fsp3) is 0.211. The van der Waals surface area contributed by atoms with Crippen molar-refractivity contribution in [2.45, 2.75) is 27.2 Å². The molecule has 0 aliphatic heterocycles. The zero-order chi connectivity index (χ0) is 14.5. The van der Waals surface area contributed by atoms with Gasteiger partial charge < -0.3 is 0 Å². The van der Waals surface area contributed by atoms with Gasteiger partial charge in [0, 0.05) is 5.56 Å². The molecule has 2 aromatic carbocycles. The molecule has 20 heavy (non-hydrogen) atoms. The van der Waals surface area contributed by atoms with Gasteiger partial charge in [0.15, 0.2) is 0 Å². The Bertz CT molecular complexity index is 616. The van der Waals surface area contributed by atoms with Crippen LogP contribution in [0.15, 0.2) is 59.1 Å². The van der Waals surface area contributed by atoms with Crippen molar-refractivity contribution >= 4 is 12.4 Å². The molecule has 0 aromatic heterocycles. The molecule has 102 valence electrons. The maximum Gasteiger partial charge on any atom is 0.0683 e. The number of nitrogens with zero attached hydrogens (tertiary/aromatic N) is 1. The molecule has 0 heterocycles. The van der Waals surface area contributed by atoms with Crippen LogP contribution in [0.25, 0.3) is 16.8 Å². The molecule has 0 saturated carbocycles. The lowest BCUT2D eigenvalue weighted by atomic mass is 10.0. The van der Waals surface area contributed by atoms with E-state index < -0.39 is 0 Å². The third-order valence-electron chi connectivity index (χ3n) is 3.64. The van der Waals surface area contributed by atoms with E-state index in [2.05, 4.69) is 81.0 Å². The number of hydrogen-bond acceptors (Lipinski definition) is 1. The topological polar surface area (TPSA) is 12.4 Å². The lowest BCUT2D eigenvalue weighted by Gasteiger charge is -2.08. The smallest absolute Gasteiger partial charge is 0.0683 e. The molecule has 1 heteroatoms. The first kappa shape index (κ1) is 14.3. The maximum atomic E-state index is 4.17. The van der Waals surface area contributed by atoms with Gasteiger partial charge in [0.2, 0.25) is 0 Å². The van der Waals surface area contributed by atoms with Crippen LogP contribution in [0.5, 0.6) is 0 Å².